The molecule has 2 aromatic heterocycles. The second-order valence-corrected chi connectivity index (χ2v) is 10.6. The van der Waals surface area contributed by atoms with E-state index in [4.69, 9.17) is 4.98 Å². The summed E-state index contributed by atoms with van der Waals surface area (Å²) >= 11 is 0. The van der Waals surface area contributed by atoms with Crippen molar-refractivity contribution in [2.45, 2.75) is 0 Å². The second-order valence-electron chi connectivity index (χ2n) is 10.6. The number of nitrogens with zero attached hydrogens (tertiary/aromatic N) is 2. The maximum absolute atomic E-state index is 4.99. The van der Waals surface area contributed by atoms with Crippen molar-refractivity contribution in [1.82, 2.24) is 9.97 Å². The summed E-state index contributed by atoms with van der Waals surface area (Å²) in [5.41, 5.74) is 8.88. The molecule has 6 aromatic carbocycles. The molecule has 0 saturated carbocycles. The highest BCUT2D eigenvalue weighted by molar-refractivity contribution is 6.21. The van der Waals surface area contributed by atoms with Crippen LogP contribution in [-0.2, 0) is 0 Å². The van der Waals surface area contributed by atoms with E-state index in [9.17, 15) is 0 Å². The first-order chi connectivity index (χ1) is 20.8. The number of hydrogen-bond donors (Lipinski definition) is 0. The molecule has 0 N–H and O–H groups in total. The van der Waals surface area contributed by atoms with Crippen molar-refractivity contribution >= 4 is 55.5 Å². The van der Waals surface area contributed by atoms with Gasteiger partial charge in [-0.1, -0.05) is 127 Å². The Balaban J connectivity index is 1.33. The van der Waals surface area contributed by atoms with Crippen LogP contribution in [0.5, 0.6) is 0 Å². The third-order valence-corrected chi connectivity index (χ3v) is 8.07. The van der Waals surface area contributed by atoms with Gasteiger partial charge in [-0.15, -0.1) is 0 Å². The molecule has 42 heavy (non-hydrogen) atoms. The maximum atomic E-state index is 4.99. The van der Waals surface area contributed by atoms with Crippen molar-refractivity contribution in [1.29, 1.82) is 0 Å². The molecule has 0 aliphatic heterocycles. The highest BCUT2D eigenvalue weighted by atomic mass is 14.7. The Hall–Kier alpha value is -5.60. The zero-order chi connectivity index (χ0) is 27.9. The largest absolute Gasteiger partial charge is 0.254 e. The van der Waals surface area contributed by atoms with Crippen molar-refractivity contribution in [2.24, 2.45) is 0 Å². The van der Waals surface area contributed by atoms with Crippen molar-refractivity contribution in [3.05, 3.63) is 157 Å². The van der Waals surface area contributed by atoms with Gasteiger partial charge in [-0.25, -0.2) is 4.98 Å². The molecular weight excluding hydrogens is 508 g/mol. The quantitative estimate of drug-likeness (QED) is 0.166. The normalized spacial score (nSPS) is 11.7. The van der Waals surface area contributed by atoms with E-state index >= 15 is 0 Å². The lowest BCUT2D eigenvalue weighted by molar-refractivity contribution is 1.35. The molecule has 8 rings (SSSR count). The lowest BCUT2D eigenvalue weighted by atomic mass is 9.85. The summed E-state index contributed by atoms with van der Waals surface area (Å²) in [6.07, 6.45) is 6.10. The molecule has 0 spiro atoms. The fraction of sp³-hybridized carbons (Fsp3) is 0. The summed E-state index contributed by atoms with van der Waals surface area (Å²) in [6.45, 7) is 0. The Morgan fingerprint density at radius 1 is 0.429 bits per heavy atom. The molecule has 0 aliphatic rings. The van der Waals surface area contributed by atoms with Gasteiger partial charge in [0.25, 0.3) is 0 Å². The highest BCUT2D eigenvalue weighted by Crippen LogP contribution is 2.43. The number of fused-ring (bicyclic) bond motifs is 5. The van der Waals surface area contributed by atoms with E-state index in [2.05, 4.69) is 151 Å². The Morgan fingerprint density at radius 3 is 1.74 bits per heavy atom. The topological polar surface area (TPSA) is 25.8 Å². The fourth-order valence-electron chi connectivity index (χ4n) is 6.14. The molecule has 0 aliphatic carbocycles. The minimum absolute atomic E-state index is 0.910. The molecule has 0 radical (unpaired) electrons. The Labute approximate surface area is 244 Å². The molecule has 0 saturated heterocycles. The molecule has 0 atom stereocenters. The van der Waals surface area contributed by atoms with Gasteiger partial charge >= 0.3 is 0 Å². The molecule has 0 unspecified atom stereocenters. The number of hydrogen-bond acceptors (Lipinski definition) is 2. The van der Waals surface area contributed by atoms with Crippen LogP contribution in [0.1, 0.15) is 11.3 Å². The average Bonchev–Trinajstić information content (AvgIpc) is 3.06. The Morgan fingerprint density at radius 2 is 1.02 bits per heavy atom. The predicted octanol–water partition coefficient (Wildman–Crippen LogP) is 10.6. The Kier molecular flexibility index (Phi) is 5.82. The van der Waals surface area contributed by atoms with Crippen molar-refractivity contribution in [3.63, 3.8) is 0 Å². The zero-order valence-corrected chi connectivity index (χ0v) is 22.9. The molecular formula is C40H26N2. The van der Waals surface area contributed by atoms with Gasteiger partial charge in [0.05, 0.1) is 16.7 Å². The van der Waals surface area contributed by atoms with Gasteiger partial charge in [-0.3, -0.25) is 4.98 Å². The average molecular weight is 535 g/mol. The van der Waals surface area contributed by atoms with Crippen LogP contribution in [0.4, 0.5) is 0 Å². The highest BCUT2D eigenvalue weighted by Gasteiger charge is 2.16. The SMILES string of the molecule is C(=Cc1ccc2ccc3cccnc3c2n1)c1ccc2c(-c3ccccc3)c3ccccc3c(-c3ccccc3)c2c1. The van der Waals surface area contributed by atoms with Crippen LogP contribution < -0.4 is 0 Å². The summed E-state index contributed by atoms with van der Waals surface area (Å²) in [4.78, 5) is 9.60. The molecule has 0 amide bonds. The molecule has 0 fully saturated rings. The molecule has 196 valence electrons. The zero-order valence-electron chi connectivity index (χ0n) is 22.9. The lowest BCUT2D eigenvalue weighted by Gasteiger charge is -2.18. The van der Waals surface area contributed by atoms with E-state index in [1.807, 2.05) is 12.3 Å². The van der Waals surface area contributed by atoms with E-state index in [-0.39, 0.29) is 0 Å². The van der Waals surface area contributed by atoms with Gasteiger partial charge in [-0.2, -0.15) is 0 Å². The third kappa shape index (κ3) is 4.13. The van der Waals surface area contributed by atoms with Gasteiger partial charge in [0, 0.05) is 17.0 Å². The molecule has 2 nitrogen and oxygen atoms in total. The van der Waals surface area contributed by atoms with Crippen LogP contribution in [-0.4, -0.2) is 9.97 Å². The van der Waals surface area contributed by atoms with E-state index in [1.54, 1.807) is 0 Å². The number of aromatic nitrogens is 2. The molecule has 8 aromatic rings. The van der Waals surface area contributed by atoms with Crippen LogP contribution in [0.2, 0.25) is 0 Å². The van der Waals surface area contributed by atoms with Crippen molar-refractivity contribution < 1.29 is 0 Å². The van der Waals surface area contributed by atoms with Crippen LogP contribution in [0, 0.1) is 0 Å². The monoisotopic (exact) mass is 534 g/mol. The summed E-state index contributed by atoms with van der Waals surface area (Å²) < 4.78 is 0. The molecule has 2 heterocycles. The summed E-state index contributed by atoms with van der Waals surface area (Å²) in [6, 6.07) is 49.6. The van der Waals surface area contributed by atoms with Gasteiger partial charge < -0.3 is 0 Å². The lowest BCUT2D eigenvalue weighted by Crippen LogP contribution is -1.91. The predicted molar refractivity (Wildman–Crippen MR) is 178 cm³/mol. The van der Waals surface area contributed by atoms with Gasteiger partial charge in [0.2, 0.25) is 0 Å². The van der Waals surface area contributed by atoms with Crippen LogP contribution in [0.15, 0.2) is 146 Å². The summed E-state index contributed by atoms with van der Waals surface area (Å²) in [5, 5.41) is 7.20. The maximum Gasteiger partial charge on any atom is 0.0971 e. The van der Waals surface area contributed by atoms with Gasteiger partial charge in [0.15, 0.2) is 0 Å². The number of benzene rings is 6. The smallest absolute Gasteiger partial charge is 0.0971 e. The standard InChI is InChI=1S/C40H26N2/c1-3-10-28(11-4-1)37-33-15-7-8-16-34(33)38(29-12-5-2-6-13-29)36-26-27(18-24-35(36)37)17-22-32-23-21-31-20-19-30-14-9-25-41-39(30)40(31)42-32/h1-26H. The summed E-state index contributed by atoms with van der Waals surface area (Å²) in [5.74, 6) is 0. The minimum Gasteiger partial charge on any atom is -0.254 e. The third-order valence-electron chi connectivity index (χ3n) is 8.07. The summed E-state index contributed by atoms with van der Waals surface area (Å²) in [7, 11) is 0. The van der Waals surface area contributed by atoms with Crippen molar-refractivity contribution in [3.8, 4) is 22.3 Å². The van der Waals surface area contributed by atoms with Gasteiger partial charge in [-0.05, 0) is 73.6 Å². The van der Waals surface area contributed by atoms with Crippen LogP contribution in [0.3, 0.4) is 0 Å². The second kappa shape index (κ2) is 10.1. The van der Waals surface area contributed by atoms with E-state index < -0.39 is 0 Å². The van der Waals surface area contributed by atoms with E-state index in [1.165, 1.54) is 43.8 Å². The first-order valence-electron chi connectivity index (χ1n) is 14.3. The first kappa shape index (κ1) is 24.2. The molecule has 0 bridgehead atoms. The van der Waals surface area contributed by atoms with E-state index in [0.29, 0.717) is 0 Å². The van der Waals surface area contributed by atoms with Gasteiger partial charge in [0.1, 0.15) is 0 Å². The number of pyridine rings is 2. The fourth-order valence-corrected chi connectivity index (χ4v) is 6.14. The molecule has 2 heteroatoms. The van der Waals surface area contributed by atoms with Crippen LogP contribution in [0.25, 0.3) is 77.8 Å². The number of rotatable bonds is 4. The minimum atomic E-state index is 0.910. The first-order valence-corrected chi connectivity index (χ1v) is 14.3. The Bertz CT molecular complexity index is 2280. The van der Waals surface area contributed by atoms with Crippen LogP contribution >= 0.6 is 0 Å². The van der Waals surface area contributed by atoms with E-state index in [0.717, 1.165) is 33.1 Å². The van der Waals surface area contributed by atoms with Crippen molar-refractivity contribution in [2.75, 3.05) is 0 Å².